The fourth-order valence-corrected chi connectivity index (χ4v) is 4.52. The topological polar surface area (TPSA) is 95.7 Å². The number of sulfonamides is 1. The van der Waals surface area contributed by atoms with Crippen LogP contribution in [-0.4, -0.2) is 57.4 Å². The highest BCUT2D eigenvalue weighted by molar-refractivity contribution is 7.89. The van der Waals surface area contributed by atoms with Gasteiger partial charge in [-0.3, -0.25) is 4.79 Å². The summed E-state index contributed by atoms with van der Waals surface area (Å²) in [7, 11) is -1.54. The molecular weight excluding hydrogens is 412 g/mol. The number of nitrogens with zero attached hydrogens (tertiary/aromatic N) is 2. The Morgan fingerprint density at radius 2 is 1.74 bits per heavy atom. The minimum absolute atomic E-state index is 0.0304. The lowest BCUT2D eigenvalue weighted by Crippen LogP contribution is -2.38. The molecule has 0 aromatic heterocycles. The number of nitrogens with one attached hydrogen (secondary N) is 1. The minimum Gasteiger partial charge on any atom is -0.326 e. The highest BCUT2D eigenvalue weighted by Crippen LogP contribution is 2.19. The van der Waals surface area contributed by atoms with Crippen LogP contribution < -0.4 is 10.5 Å². The molecule has 0 aliphatic carbocycles. The first-order valence-corrected chi connectivity index (χ1v) is 12.2. The molecule has 3 N–H and O–H groups in total. The molecule has 8 heteroatoms. The first kappa shape index (κ1) is 23.4. The molecule has 3 rings (SSSR count). The molecule has 0 unspecified atom stereocenters. The zero-order valence-corrected chi connectivity index (χ0v) is 18.9. The van der Waals surface area contributed by atoms with Crippen LogP contribution in [0.4, 0.5) is 5.69 Å². The Balaban J connectivity index is 1.34. The molecule has 1 amide bonds. The fourth-order valence-electron chi connectivity index (χ4n) is 4.00. The van der Waals surface area contributed by atoms with Crippen LogP contribution in [0.1, 0.15) is 24.8 Å². The van der Waals surface area contributed by atoms with Crippen LogP contribution in [0.25, 0.3) is 0 Å². The minimum atomic E-state index is -3.72. The Hall–Kier alpha value is -2.26. The Bertz CT molecular complexity index is 941. The summed E-state index contributed by atoms with van der Waals surface area (Å²) < 4.78 is 22.6. The average molecular weight is 445 g/mol. The van der Waals surface area contributed by atoms with E-state index in [4.69, 9.17) is 5.14 Å². The van der Waals surface area contributed by atoms with Gasteiger partial charge in [0.25, 0.3) is 0 Å². The molecule has 0 saturated carbocycles. The van der Waals surface area contributed by atoms with Gasteiger partial charge in [0.1, 0.15) is 0 Å². The molecule has 0 bridgehead atoms. The summed E-state index contributed by atoms with van der Waals surface area (Å²) in [4.78, 5) is 17.0. The maximum absolute atomic E-state index is 12.2. The van der Waals surface area contributed by atoms with Crippen molar-refractivity contribution in [3.8, 4) is 0 Å². The molecule has 7 nitrogen and oxygen atoms in total. The number of likely N-dealkylation sites (tertiary alicyclic amines) is 1. The van der Waals surface area contributed by atoms with Gasteiger partial charge in [0.05, 0.1) is 4.90 Å². The first-order valence-electron chi connectivity index (χ1n) is 10.7. The van der Waals surface area contributed by atoms with Crippen molar-refractivity contribution in [3.63, 3.8) is 0 Å². The fraction of sp³-hybridized carbons (Fsp3) is 0.435. The highest BCUT2D eigenvalue weighted by atomic mass is 32.2. The molecule has 168 valence electrons. The average Bonchev–Trinajstić information content (AvgIpc) is 2.74. The number of benzene rings is 2. The standard InChI is InChI=1S/C23H32N4O3S/c1-26(17-19-5-3-2-4-6-19)18-20-11-14-27(15-12-20)16-13-23(28)25-21-7-9-22(10-8-21)31(24,29)30/h2-10,20H,11-18H2,1H3,(H,25,28)(H2,24,29,30). The number of anilines is 1. The van der Waals surface area contributed by atoms with E-state index in [2.05, 4.69) is 46.4 Å². The lowest BCUT2D eigenvalue weighted by atomic mass is 9.96. The number of primary sulfonamides is 1. The lowest BCUT2D eigenvalue weighted by Gasteiger charge is -2.33. The van der Waals surface area contributed by atoms with Crippen LogP contribution in [0.5, 0.6) is 0 Å². The summed E-state index contributed by atoms with van der Waals surface area (Å²) in [5, 5.41) is 7.90. The van der Waals surface area contributed by atoms with Crippen LogP contribution in [0.2, 0.25) is 0 Å². The highest BCUT2D eigenvalue weighted by Gasteiger charge is 2.21. The normalized spacial score (nSPS) is 15.8. The Morgan fingerprint density at radius 1 is 1.10 bits per heavy atom. The third-order valence-corrected chi connectivity index (χ3v) is 6.62. The third-order valence-electron chi connectivity index (χ3n) is 5.69. The number of rotatable bonds is 9. The van der Waals surface area contributed by atoms with Crippen LogP contribution in [0.3, 0.4) is 0 Å². The summed E-state index contributed by atoms with van der Waals surface area (Å²) in [5.41, 5.74) is 1.91. The van der Waals surface area contributed by atoms with Gasteiger partial charge in [-0.15, -0.1) is 0 Å². The molecule has 1 heterocycles. The van der Waals surface area contributed by atoms with Crippen molar-refractivity contribution in [2.24, 2.45) is 11.1 Å². The Morgan fingerprint density at radius 3 is 2.35 bits per heavy atom. The molecule has 0 radical (unpaired) electrons. The van der Waals surface area contributed by atoms with Gasteiger partial charge in [0.15, 0.2) is 0 Å². The number of carbonyl (C=O) groups is 1. The molecule has 2 aromatic rings. The van der Waals surface area contributed by atoms with E-state index in [-0.39, 0.29) is 10.8 Å². The molecule has 2 aromatic carbocycles. The maximum atomic E-state index is 12.2. The van der Waals surface area contributed by atoms with Gasteiger partial charge in [0.2, 0.25) is 15.9 Å². The van der Waals surface area contributed by atoms with E-state index in [9.17, 15) is 13.2 Å². The summed E-state index contributed by atoms with van der Waals surface area (Å²) in [6.45, 7) is 4.82. The maximum Gasteiger partial charge on any atom is 0.238 e. The summed E-state index contributed by atoms with van der Waals surface area (Å²) in [6.07, 6.45) is 2.71. The van der Waals surface area contributed by atoms with E-state index >= 15 is 0 Å². The number of amides is 1. The summed E-state index contributed by atoms with van der Waals surface area (Å²) in [5.74, 6) is 0.615. The second-order valence-corrected chi connectivity index (χ2v) is 9.90. The quantitative estimate of drug-likeness (QED) is 0.620. The van der Waals surface area contributed by atoms with Crippen LogP contribution in [0.15, 0.2) is 59.5 Å². The van der Waals surface area contributed by atoms with Crippen LogP contribution in [0, 0.1) is 5.92 Å². The predicted molar refractivity (Wildman–Crippen MR) is 123 cm³/mol. The zero-order valence-electron chi connectivity index (χ0n) is 18.0. The number of carbonyl (C=O) groups excluding carboxylic acids is 1. The van der Waals surface area contributed by atoms with Crippen molar-refractivity contribution in [3.05, 3.63) is 60.2 Å². The molecule has 1 aliphatic heterocycles. The van der Waals surface area contributed by atoms with Crippen molar-refractivity contribution in [1.29, 1.82) is 0 Å². The van der Waals surface area contributed by atoms with Crippen molar-refractivity contribution in [1.82, 2.24) is 9.80 Å². The third kappa shape index (κ3) is 7.74. The van der Waals surface area contributed by atoms with Crippen molar-refractivity contribution in [2.45, 2.75) is 30.7 Å². The number of nitrogens with two attached hydrogens (primary N) is 1. The van der Waals surface area contributed by atoms with Crippen molar-refractivity contribution < 1.29 is 13.2 Å². The molecule has 0 spiro atoms. The molecule has 1 aliphatic rings. The van der Waals surface area contributed by atoms with Gasteiger partial charge in [0, 0.05) is 31.7 Å². The SMILES string of the molecule is CN(Cc1ccccc1)CC1CCN(CCC(=O)Nc2ccc(S(N)(=O)=O)cc2)CC1. The largest absolute Gasteiger partial charge is 0.326 e. The molecule has 31 heavy (non-hydrogen) atoms. The summed E-state index contributed by atoms with van der Waals surface area (Å²) in [6, 6.07) is 16.4. The predicted octanol–water partition coefficient (Wildman–Crippen LogP) is 2.51. The van der Waals surface area contributed by atoms with Gasteiger partial charge >= 0.3 is 0 Å². The van der Waals surface area contributed by atoms with Gasteiger partial charge in [-0.25, -0.2) is 13.6 Å². The lowest BCUT2D eigenvalue weighted by molar-refractivity contribution is -0.116. The summed E-state index contributed by atoms with van der Waals surface area (Å²) >= 11 is 0. The van der Waals surface area contributed by atoms with Gasteiger partial charge < -0.3 is 15.1 Å². The molecule has 1 saturated heterocycles. The van der Waals surface area contributed by atoms with E-state index in [1.807, 2.05) is 6.07 Å². The monoisotopic (exact) mass is 444 g/mol. The number of hydrogen-bond donors (Lipinski definition) is 2. The van der Waals surface area contributed by atoms with Gasteiger partial charge in [-0.2, -0.15) is 0 Å². The molecule has 1 fully saturated rings. The first-order chi connectivity index (χ1) is 14.8. The van der Waals surface area contributed by atoms with E-state index in [0.717, 1.165) is 45.6 Å². The van der Waals surface area contributed by atoms with Crippen molar-refractivity contribution >= 4 is 21.6 Å². The van der Waals surface area contributed by atoms with E-state index < -0.39 is 10.0 Å². The second-order valence-electron chi connectivity index (χ2n) is 8.33. The van der Waals surface area contributed by atoms with Gasteiger partial charge in [-0.1, -0.05) is 30.3 Å². The van der Waals surface area contributed by atoms with Gasteiger partial charge in [-0.05, 0) is 68.7 Å². The van der Waals surface area contributed by atoms with E-state index in [1.165, 1.54) is 17.7 Å². The Labute approximate surface area is 185 Å². The molecular formula is C23H32N4O3S. The second kappa shape index (κ2) is 10.9. The van der Waals surface area contributed by atoms with E-state index in [1.54, 1.807) is 12.1 Å². The van der Waals surface area contributed by atoms with E-state index in [0.29, 0.717) is 18.0 Å². The number of piperidine rings is 1. The smallest absolute Gasteiger partial charge is 0.238 e. The zero-order chi connectivity index (χ0) is 22.3. The van der Waals surface area contributed by atoms with Crippen LogP contribution >= 0.6 is 0 Å². The van der Waals surface area contributed by atoms with Crippen LogP contribution in [-0.2, 0) is 21.4 Å². The number of hydrogen-bond acceptors (Lipinski definition) is 5. The molecule has 0 atom stereocenters. The Kier molecular flexibility index (Phi) is 8.20. The van der Waals surface area contributed by atoms with Crippen molar-refractivity contribution in [2.75, 3.05) is 38.5 Å².